The fourth-order valence-corrected chi connectivity index (χ4v) is 5.45. The lowest BCUT2D eigenvalue weighted by atomic mass is 10.1. The van der Waals surface area contributed by atoms with Gasteiger partial charge in [-0.3, -0.25) is 9.59 Å². The third-order valence-corrected chi connectivity index (χ3v) is 7.87. The van der Waals surface area contributed by atoms with Crippen LogP contribution in [0.15, 0.2) is 23.1 Å². The molecule has 1 aliphatic rings. The monoisotopic (exact) mass is 452 g/mol. The summed E-state index contributed by atoms with van der Waals surface area (Å²) in [7, 11) is -3.66. The molecule has 1 atom stereocenters. The first-order chi connectivity index (χ1) is 14.6. The molecule has 1 heterocycles. The Hall–Kier alpha value is -2.13. The molecule has 9 heteroatoms. The van der Waals surface area contributed by atoms with E-state index >= 15 is 0 Å². The lowest BCUT2D eigenvalue weighted by Crippen LogP contribution is -2.34. The van der Waals surface area contributed by atoms with Gasteiger partial charge in [-0.25, -0.2) is 8.42 Å². The third-order valence-electron chi connectivity index (χ3n) is 5.83. The van der Waals surface area contributed by atoms with Gasteiger partial charge in [-0.2, -0.15) is 4.31 Å². The summed E-state index contributed by atoms with van der Waals surface area (Å²) in [6.45, 7) is 14.0. The van der Waals surface area contributed by atoms with Crippen LogP contribution in [-0.2, 0) is 19.6 Å². The van der Waals surface area contributed by atoms with Gasteiger partial charge in [-0.15, -0.1) is 0 Å². The Morgan fingerprint density at radius 1 is 1.13 bits per heavy atom. The Morgan fingerprint density at radius 3 is 2.23 bits per heavy atom. The zero-order valence-corrected chi connectivity index (χ0v) is 20.3. The Labute approximate surface area is 186 Å². The summed E-state index contributed by atoms with van der Waals surface area (Å²) < 4.78 is 27.4. The van der Waals surface area contributed by atoms with Gasteiger partial charge >= 0.3 is 0 Å². The standard InChI is InChI=1S/C22H36N4O4S/c1-7-24(8-2)20-12-11-18(31(29,30)25(9-3)10-4)14-19(20)23-22(28)17-13-21(27)26(15-17)16(5)6/h11-12,14,16-17H,7-10,13,15H2,1-6H3,(H,23,28). The fourth-order valence-electron chi connectivity index (χ4n) is 3.97. The molecule has 1 aliphatic heterocycles. The molecule has 2 rings (SSSR count). The van der Waals surface area contributed by atoms with Gasteiger partial charge in [0.05, 0.1) is 22.2 Å². The van der Waals surface area contributed by atoms with Gasteiger partial charge < -0.3 is 15.1 Å². The number of carbonyl (C=O) groups is 2. The van der Waals surface area contributed by atoms with Gasteiger partial charge in [0, 0.05) is 45.2 Å². The minimum atomic E-state index is -3.66. The molecule has 1 N–H and O–H groups in total. The van der Waals surface area contributed by atoms with E-state index in [1.807, 2.05) is 27.7 Å². The highest BCUT2D eigenvalue weighted by Gasteiger charge is 2.36. The van der Waals surface area contributed by atoms with Crippen LogP contribution in [0.3, 0.4) is 0 Å². The molecular formula is C22H36N4O4S. The lowest BCUT2D eigenvalue weighted by molar-refractivity contribution is -0.129. The fraction of sp³-hybridized carbons (Fsp3) is 0.636. The molecule has 1 saturated heterocycles. The highest BCUT2D eigenvalue weighted by atomic mass is 32.2. The Kier molecular flexibility index (Phi) is 8.48. The van der Waals surface area contributed by atoms with E-state index in [4.69, 9.17) is 0 Å². The Bertz CT molecular complexity index is 893. The maximum Gasteiger partial charge on any atom is 0.243 e. The molecule has 1 unspecified atom stereocenters. The van der Waals surface area contributed by atoms with Crippen molar-refractivity contribution in [3.63, 3.8) is 0 Å². The number of sulfonamides is 1. The van der Waals surface area contributed by atoms with E-state index in [1.54, 1.807) is 30.9 Å². The summed E-state index contributed by atoms with van der Waals surface area (Å²) in [5.74, 6) is -0.748. The van der Waals surface area contributed by atoms with Crippen LogP contribution in [0.1, 0.15) is 48.0 Å². The average Bonchev–Trinajstić information content (AvgIpc) is 3.12. The number of hydrogen-bond acceptors (Lipinski definition) is 5. The summed E-state index contributed by atoms with van der Waals surface area (Å²) in [6.07, 6.45) is 0.169. The van der Waals surface area contributed by atoms with Crippen LogP contribution in [-0.4, -0.2) is 68.2 Å². The summed E-state index contributed by atoms with van der Waals surface area (Å²) in [5.41, 5.74) is 1.22. The third kappa shape index (κ3) is 5.38. The second-order valence-electron chi connectivity index (χ2n) is 7.97. The van der Waals surface area contributed by atoms with Crippen molar-refractivity contribution in [1.29, 1.82) is 0 Å². The van der Waals surface area contributed by atoms with Crippen molar-refractivity contribution in [1.82, 2.24) is 9.21 Å². The van der Waals surface area contributed by atoms with Crippen molar-refractivity contribution in [2.75, 3.05) is 42.9 Å². The Morgan fingerprint density at radius 2 is 1.74 bits per heavy atom. The van der Waals surface area contributed by atoms with Crippen LogP contribution in [0, 0.1) is 5.92 Å². The molecule has 1 aromatic carbocycles. The minimum Gasteiger partial charge on any atom is -0.370 e. The molecule has 0 radical (unpaired) electrons. The molecule has 0 aromatic heterocycles. The SMILES string of the molecule is CCN(CC)c1ccc(S(=O)(=O)N(CC)CC)cc1NC(=O)C1CC(=O)N(C(C)C)C1. The van der Waals surface area contributed by atoms with Gasteiger partial charge in [0.15, 0.2) is 0 Å². The van der Waals surface area contributed by atoms with Crippen molar-refractivity contribution in [3.8, 4) is 0 Å². The summed E-state index contributed by atoms with van der Waals surface area (Å²) in [6, 6.07) is 4.92. The quantitative estimate of drug-likeness (QED) is 0.590. The smallest absolute Gasteiger partial charge is 0.243 e. The van der Waals surface area contributed by atoms with Gasteiger partial charge in [-0.05, 0) is 45.9 Å². The second-order valence-corrected chi connectivity index (χ2v) is 9.91. The molecule has 2 amide bonds. The van der Waals surface area contributed by atoms with Crippen molar-refractivity contribution in [2.24, 2.45) is 5.92 Å². The van der Waals surface area contributed by atoms with Crippen LogP contribution in [0.25, 0.3) is 0 Å². The van der Waals surface area contributed by atoms with Crippen LogP contribution >= 0.6 is 0 Å². The summed E-state index contributed by atoms with van der Waals surface area (Å²) >= 11 is 0. The molecule has 0 aliphatic carbocycles. The number of hydrogen-bond donors (Lipinski definition) is 1. The largest absolute Gasteiger partial charge is 0.370 e. The first kappa shape index (κ1) is 25.1. The maximum absolute atomic E-state index is 13.0. The number of carbonyl (C=O) groups excluding carboxylic acids is 2. The van der Waals surface area contributed by atoms with Crippen molar-refractivity contribution >= 4 is 33.2 Å². The number of likely N-dealkylation sites (tertiary alicyclic amines) is 1. The summed E-state index contributed by atoms with van der Waals surface area (Å²) in [5, 5.41) is 2.93. The highest BCUT2D eigenvalue weighted by molar-refractivity contribution is 7.89. The summed E-state index contributed by atoms with van der Waals surface area (Å²) in [4.78, 5) is 29.2. The normalized spacial score (nSPS) is 17.0. The molecule has 1 aromatic rings. The molecule has 0 saturated carbocycles. The number of nitrogens with one attached hydrogen (secondary N) is 1. The first-order valence-corrected chi connectivity index (χ1v) is 12.5. The lowest BCUT2D eigenvalue weighted by Gasteiger charge is -2.26. The van der Waals surface area contributed by atoms with Gasteiger partial charge in [0.2, 0.25) is 21.8 Å². The van der Waals surface area contributed by atoms with Crippen LogP contribution in [0.4, 0.5) is 11.4 Å². The average molecular weight is 453 g/mol. The van der Waals surface area contributed by atoms with E-state index in [-0.39, 0.29) is 29.2 Å². The predicted octanol–water partition coefficient (Wildman–Crippen LogP) is 2.76. The molecule has 174 valence electrons. The van der Waals surface area contributed by atoms with E-state index in [9.17, 15) is 18.0 Å². The molecule has 0 spiro atoms. The van der Waals surface area contributed by atoms with Crippen LogP contribution in [0.2, 0.25) is 0 Å². The van der Waals surface area contributed by atoms with Crippen LogP contribution in [0.5, 0.6) is 0 Å². The molecular weight excluding hydrogens is 416 g/mol. The first-order valence-electron chi connectivity index (χ1n) is 11.1. The maximum atomic E-state index is 13.0. The molecule has 0 bridgehead atoms. The van der Waals surface area contributed by atoms with E-state index < -0.39 is 15.9 Å². The highest BCUT2D eigenvalue weighted by Crippen LogP contribution is 2.31. The van der Waals surface area contributed by atoms with E-state index in [0.29, 0.717) is 38.4 Å². The van der Waals surface area contributed by atoms with E-state index in [1.165, 1.54) is 10.4 Å². The molecule has 8 nitrogen and oxygen atoms in total. The number of anilines is 2. The van der Waals surface area contributed by atoms with Crippen molar-refractivity contribution < 1.29 is 18.0 Å². The molecule has 1 fully saturated rings. The number of rotatable bonds is 10. The van der Waals surface area contributed by atoms with Crippen molar-refractivity contribution in [3.05, 3.63) is 18.2 Å². The van der Waals surface area contributed by atoms with E-state index in [2.05, 4.69) is 10.2 Å². The number of amides is 2. The number of nitrogens with zero attached hydrogens (tertiary/aromatic N) is 3. The zero-order chi connectivity index (χ0) is 23.3. The Balaban J connectivity index is 2.41. The van der Waals surface area contributed by atoms with Gasteiger partial charge in [0.25, 0.3) is 0 Å². The van der Waals surface area contributed by atoms with Gasteiger partial charge in [-0.1, -0.05) is 13.8 Å². The zero-order valence-electron chi connectivity index (χ0n) is 19.5. The number of benzene rings is 1. The van der Waals surface area contributed by atoms with Crippen molar-refractivity contribution in [2.45, 2.75) is 58.9 Å². The van der Waals surface area contributed by atoms with Gasteiger partial charge in [0.1, 0.15) is 0 Å². The minimum absolute atomic E-state index is 0.0306. The topological polar surface area (TPSA) is 90.0 Å². The van der Waals surface area contributed by atoms with E-state index in [0.717, 1.165) is 5.69 Å². The van der Waals surface area contributed by atoms with Crippen LogP contribution < -0.4 is 10.2 Å². The predicted molar refractivity (Wildman–Crippen MR) is 124 cm³/mol. The molecule has 31 heavy (non-hydrogen) atoms. The second kappa shape index (κ2) is 10.5.